The van der Waals surface area contributed by atoms with Crippen LogP contribution in [-0.2, 0) is 22.9 Å². The smallest absolute Gasteiger partial charge is 0.268 e. The number of ether oxygens (including phenoxy) is 1. The molecule has 0 radical (unpaired) electrons. The third-order valence-corrected chi connectivity index (χ3v) is 6.44. The number of benzene rings is 2. The van der Waals surface area contributed by atoms with Crippen molar-refractivity contribution >= 4 is 20.9 Å². The second kappa shape index (κ2) is 6.20. The molecule has 1 aliphatic rings. The normalized spacial score (nSPS) is 14.9. The number of rotatable bonds is 3. The van der Waals surface area contributed by atoms with Gasteiger partial charge in [0.05, 0.1) is 17.5 Å². The summed E-state index contributed by atoms with van der Waals surface area (Å²) in [6, 6.07) is 12.7. The van der Waals surface area contributed by atoms with Gasteiger partial charge in [0, 0.05) is 11.6 Å². The fraction of sp³-hybridized carbons (Fsp3) is 0.263. The fourth-order valence-corrected chi connectivity index (χ4v) is 4.82. The second-order valence-corrected chi connectivity index (χ2v) is 8.01. The first-order chi connectivity index (χ1) is 12.1. The van der Waals surface area contributed by atoms with E-state index in [-0.39, 0.29) is 0 Å². The van der Waals surface area contributed by atoms with E-state index in [2.05, 4.69) is 5.32 Å². The molecule has 2 heterocycles. The third-order valence-electron chi connectivity index (χ3n) is 4.75. The van der Waals surface area contributed by atoms with Crippen molar-refractivity contribution in [3.63, 3.8) is 0 Å². The summed E-state index contributed by atoms with van der Waals surface area (Å²) in [5, 5.41) is 4.13. The van der Waals surface area contributed by atoms with E-state index in [9.17, 15) is 8.42 Å². The number of fused-ring (bicyclic) bond motifs is 2. The number of methoxy groups -OCH3 is 1. The van der Waals surface area contributed by atoms with E-state index in [0.29, 0.717) is 16.2 Å². The van der Waals surface area contributed by atoms with Crippen LogP contribution in [0.15, 0.2) is 53.6 Å². The molecule has 3 aromatic rings. The van der Waals surface area contributed by atoms with Crippen LogP contribution in [0, 0.1) is 0 Å². The molecule has 2 aromatic carbocycles. The van der Waals surface area contributed by atoms with Crippen LogP contribution in [0.4, 0.5) is 0 Å². The summed E-state index contributed by atoms with van der Waals surface area (Å²) in [5.74, 6) is 0.666. The fourth-order valence-electron chi connectivity index (χ4n) is 3.43. The lowest BCUT2D eigenvalue weighted by molar-refractivity contribution is 0.420. The average Bonchev–Trinajstić information content (AvgIpc) is 2.93. The Morgan fingerprint density at radius 2 is 1.84 bits per heavy atom. The van der Waals surface area contributed by atoms with Crippen molar-refractivity contribution in [2.75, 3.05) is 20.2 Å². The number of hydrogen-bond acceptors (Lipinski definition) is 4. The summed E-state index contributed by atoms with van der Waals surface area (Å²) < 4.78 is 33.0. The van der Waals surface area contributed by atoms with Crippen LogP contribution < -0.4 is 10.1 Å². The van der Waals surface area contributed by atoms with Crippen LogP contribution in [0.5, 0.6) is 5.75 Å². The maximum Gasteiger partial charge on any atom is 0.268 e. The molecule has 1 aromatic heterocycles. The summed E-state index contributed by atoms with van der Waals surface area (Å²) in [6.07, 6.45) is 3.37. The van der Waals surface area contributed by atoms with Crippen LogP contribution in [0.2, 0.25) is 0 Å². The minimum Gasteiger partial charge on any atom is -0.496 e. The van der Waals surface area contributed by atoms with Crippen LogP contribution in [0.3, 0.4) is 0 Å². The summed E-state index contributed by atoms with van der Waals surface area (Å²) in [4.78, 5) is 0.327. The van der Waals surface area contributed by atoms with E-state index in [1.807, 2.05) is 18.2 Å². The third kappa shape index (κ3) is 2.71. The zero-order valence-corrected chi connectivity index (χ0v) is 14.8. The van der Waals surface area contributed by atoms with E-state index in [0.717, 1.165) is 36.9 Å². The minimum absolute atomic E-state index is 0.327. The Morgan fingerprint density at radius 3 is 2.64 bits per heavy atom. The van der Waals surface area contributed by atoms with Gasteiger partial charge in [-0.25, -0.2) is 12.4 Å². The predicted octanol–water partition coefficient (Wildman–Crippen LogP) is 2.58. The molecule has 0 saturated carbocycles. The highest BCUT2D eigenvalue weighted by Gasteiger charge is 2.21. The Kier molecular flexibility index (Phi) is 4.01. The molecule has 4 rings (SSSR count). The van der Waals surface area contributed by atoms with Crippen LogP contribution in [-0.4, -0.2) is 32.6 Å². The van der Waals surface area contributed by atoms with Crippen molar-refractivity contribution in [2.24, 2.45) is 0 Å². The minimum atomic E-state index is -3.65. The predicted molar refractivity (Wildman–Crippen MR) is 97.8 cm³/mol. The molecule has 5 nitrogen and oxygen atoms in total. The second-order valence-electron chi connectivity index (χ2n) is 6.19. The summed E-state index contributed by atoms with van der Waals surface area (Å²) in [7, 11) is -2.07. The van der Waals surface area contributed by atoms with Gasteiger partial charge in [0.1, 0.15) is 5.75 Å². The van der Waals surface area contributed by atoms with E-state index in [1.165, 1.54) is 9.54 Å². The van der Waals surface area contributed by atoms with Crippen molar-refractivity contribution < 1.29 is 13.2 Å². The van der Waals surface area contributed by atoms with E-state index >= 15 is 0 Å². The highest BCUT2D eigenvalue weighted by molar-refractivity contribution is 7.90. The Hall–Kier alpha value is -2.31. The van der Waals surface area contributed by atoms with Gasteiger partial charge in [-0.1, -0.05) is 12.1 Å². The Balaban J connectivity index is 1.84. The van der Waals surface area contributed by atoms with Crippen molar-refractivity contribution in [3.8, 4) is 5.75 Å². The number of hydrogen-bond donors (Lipinski definition) is 1. The van der Waals surface area contributed by atoms with E-state index < -0.39 is 10.0 Å². The van der Waals surface area contributed by atoms with Crippen molar-refractivity contribution in [3.05, 3.63) is 59.8 Å². The van der Waals surface area contributed by atoms with Gasteiger partial charge in [-0.3, -0.25) is 0 Å². The van der Waals surface area contributed by atoms with Crippen LogP contribution in [0.25, 0.3) is 10.9 Å². The molecule has 6 heteroatoms. The molecule has 0 bridgehead atoms. The van der Waals surface area contributed by atoms with Crippen molar-refractivity contribution in [1.29, 1.82) is 0 Å². The quantitative estimate of drug-likeness (QED) is 0.784. The van der Waals surface area contributed by atoms with Gasteiger partial charge in [-0.15, -0.1) is 0 Å². The first-order valence-corrected chi connectivity index (χ1v) is 9.77. The van der Waals surface area contributed by atoms with E-state index in [4.69, 9.17) is 4.74 Å². The molecule has 0 spiro atoms. The summed E-state index contributed by atoms with van der Waals surface area (Å²) in [5.41, 5.74) is 2.96. The first-order valence-electron chi connectivity index (χ1n) is 8.33. The molecule has 0 fully saturated rings. The van der Waals surface area contributed by atoms with Gasteiger partial charge < -0.3 is 10.1 Å². The Labute approximate surface area is 147 Å². The molecule has 0 atom stereocenters. The number of nitrogens with one attached hydrogen (secondary N) is 1. The van der Waals surface area contributed by atoms with Gasteiger partial charge in [-0.2, -0.15) is 0 Å². The molecule has 1 N–H and O–H groups in total. The van der Waals surface area contributed by atoms with Crippen LogP contribution >= 0.6 is 0 Å². The zero-order valence-electron chi connectivity index (χ0n) is 14.0. The highest BCUT2D eigenvalue weighted by atomic mass is 32.2. The standard InChI is InChI=1S/C19H20N2O3S/c1-24-19-4-2-3-18-17(19)9-12-21(18)25(22,23)16-6-5-14-7-10-20-11-8-15(14)13-16/h2-6,9,12-13,20H,7-8,10-11H2,1H3. The molecule has 0 unspecified atom stereocenters. The van der Waals surface area contributed by atoms with E-state index in [1.54, 1.807) is 37.6 Å². The topological polar surface area (TPSA) is 60.3 Å². The lowest BCUT2D eigenvalue weighted by Gasteiger charge is -2.11. The summed E-state index contributed by atoms with van der Waals surface area (Å²) >= 11 is 0. The summed E-state index contributed by atoms with van der Waals surface area (Å²) in [6.45, 7) is 1.81. The highest BCUT2D eigenvalue weighted by Crippen LogP contribution is 2.29. The lowest BCUT2D eigenvalue weighted by Crippen LogP contribution is -2.16. The van der Waals surface area contributed by atoms with Gasteiger partial charge in [-0.05, 0) is 67.4 Å². The Bertz CT molecular complexity index is 1040. The molecular weight excluding hydrogens is 336 g/mol. The number of aromatic nitrogens is 1. The first kappa shape index (κ1) is 16.2. The molecule has 0 aliphatic carbocycles. The molecule has 130 valence electrons. The molecule has 0 saturated heterocycles. The molecule has 0 amide bonds. The maximum atomic E-state index is 13.2. The molecule has 25 heavy (non-hydrogen) atoms. The largest absolute Gasteiger partial charge is 0.496 e. The van der Waals surface area contributed by atoms with Gasteiger partial charge in [0.2, 0.25) is 0 Å². The van der Waals surface area contributed by atoms with Gasteiger partial charge in [0.25, 0.3) is 10.0 Å². The average molecular weight is 356 g/mol. The van der Waals surface area contributed by atoms with Crippen LogP contribution in [0.1, 0.15) is 11.1 Å². The number of nitrogens with zero attached hydrogens (tertiary/aromatic N) is 1. The van der Waals surface area contributed by atoms with Gasteiger partial charge >= 0.3 is 0 Å². The SMILES string of the molecule is COc1cccc2c1ccn2S(=O)(=O)c1ccc2c(c1)CCNCC2. The van der Waals surface area contributed by atoms with Gasteiger partial charge in [0.15, 0.2) is 0 Å². The molecular formula is C19H20N2O3S. The maximum absolute atomic E-state index is 13.2. The monoisotopic (exact) mass is 356 g/mol. The zero-order chi connectivity index (χ0) is 17.4. The lowest BCUT2D eigenvalue weighted by atomic mass is 10.0. The molecule has 1 aliphatic heterocycles. The van der Waals surface area contributed by atoms with Crippen molar-refractivity contribution in [2.45, 2.75) is 17.7 Å². The van der Waals surface area contributed by atoms with Crippen molar-refractivity contribution in [1.82, 2.24) is 9.29 Å². The Morgan fingerprint density at radius 1 is 1.04 bits per heavy atom.